The van der Waals surface area contributed by atoms with E-state index in [1.807, 2.05) is 0 Å². The number of rotatable bonds is 2. The lowest BCUT2D eigenvalue weighted by Gasteiger charge is -2.11. The molecule has 104 valence electrons. The fourth-order valence-electron chi connectivity index (χ4n) is 1.76. The molecule has 20 heavy (non-hydrogen) atoms. The standard InChI is InChI=1S/C14H9ClF3NO/c1-8-6-9(2-3-12(8)15)13(20)10-7-19-5-4-11(10)14(16,17)18/h2-7H,1H3. The molecule has 1 heterocycles. The second kappa shape index (κ2) is 5.25. The number of pyridine rings is 1. The van der Waals surface area contributed by atoms with Gasteiger partial charge in [0.15, 0.2) is 5.78 Å². The van der Waals surface area contributed by atoms with E-state index >= 15 is 0 Å². The van der Waals surface area contributed by atoms with Crippen molar-refractivity contribution in [1.29, 1.82) is 0 Å². The van der Waals surface area contributed by atoms with Crippen LogP contribution in [0.25, 0.3) is 0 Å². The van der Waals surface area contributed by atoms with Crippen LogP contribution in [0.4, 0.5) is 13.2 Å². The predicted octanol–water partition coefficient (Wildman–Crippen LogP) is 4.29. The number of benzene rings is 1. The molecular formula is C14H9ClF3NO. The van der Waals surface area contributed by atoms with Crippen LogP contribution >= 0.6 is 11.6 Å². The number of nitrogens with zero attached hydrogens (tertiary/aromatic N) is 1. The minimum atomic E-state index is -4.60. The maximum absolute atomic E-state index is 12.9. The topological polar surface area (TPSA) is 30.0 Å². The van der Waals surface area contributed by atoms with Crippen molar-refractivity contribution in [3.63, 3.8) is 0 Å². The summed E-state index contributed by atoms with van der Waals surface area (Å²) in [6, 6.07) is 5.12. The molecule has 0 spiro atoms. The van der Waals surface area contributed by atoms with Gasteiger partial charge >= 0.3 is 6.18 Å². The third-order valence-electron chi connectivity index (χ3n) is 2.79. The third kappa shape index (κ3) is 2.82. The Bertz CT molecular complexity index is 668. The maximum Gasteiger partial charge on any atom is 0.417 e. The first-order valence-corrected chi connectivity index (χ1v) is 6.00. The highest BCUT2D eigenvalue weighted by Crippen LogP contribution is 2.32. The Hall–Kier alpha value is -1.88. The van der Waals surface area contributed by atoms with E-state index in [1.54, 1.807) is 6.92 Å². The number of aromatic nitrogens is 1. The summed E-state index contributed by atoms with van der Waals surface area (Å²) < 4.78 is 38.6. The molecule has 0 atom stereocenters. The predicted molar refractivity (Wildman–Crippen MR) is 68.9 cm³/mol. The molecule has 2 rings (SSSR count). The van der Waals surface area contributed by atoms with Gasteiger partial charge in [-0.1, -0.05) is 11.6 Å². The van der Waals surface area contributed by atoms with Crippen molar-refractivity contribution in [2.75, 3.05) is 0 Å². The lowest BCUT2D eigenvalue weighted by atomic mass is 9.99. The lowest BCUT2D eigenvalue weighted by Crippen LogP contribution is -2.14. The Morgan fingerprint density at radius 2 is 1.95 bits per heavy atom. The molecule has 1 aromatic carbocycles. The minimum absolute atomic E-state index is 0.144. The van der Waals surface area contributed by atoms with Gasteiger partial charge in [-0.05, 0) is 36.8 Å². The number of ketones is 1. The number of carbonyl (C=O) groups is 1. The van der Waals surface area contributed by atoms with Crippen molar-refractivity contribution in [2.24, 2.45) is 0 Å². The summed E-state index contributed by atoms with van der Waals surface area (Å²) in [4.78, 5) is 15.8. The van der Waals surface area contributed by atoms with Gasteiger partial charge in [0.1, 0.15) is 0 Å². The van der Waals surface area contributed by atoms with E-state index < -0.39 is 23.1 Å². The summed E-state index contributed by atoms with van der Waals surface area (Å²) in [6.45, 7) is 1.67. The highest BCUT2D eigenvalue weighted by atomic mass is 35.5. The normalized spacial score (nSPS) is 11.4. The SMILES string of the molecule is Cc1cc(C(=O)c2cnccc2C(F)(F)F)ccc1Cl. The molecule has 0 aliphatic heterocycles. The second-order valence-corrected chi connectivity index (χ2v) is 4.62. The zero-order valence-electron chi connectivity index (χ0n) is 10.3. The van der Waals surface area contributed by atoms with E-state index in [0.717, 1.165) is 18.5 Å². The van der Waals surface area contributed by atoms with Crippen molar-refractivity contribution < 1.29 is 18.0 Å². The first kappa shape index (κ1) is 14.5. The van der Waals surface area contributed by atoms with Gasteiger partial charge < -0.3 is 0 Å². The van der Waals surface area contributed by atoms with Crippen LogP contribution in [0.3, 0.4) is 0 Å². The van der Waals surface area contributed by atoms with Gasteiger partial charge in [-0.3, -0.25) is 9.78 Å². The average Bonchev–Trinajstić information content (AvgIpc) is 2.40. The van der Waals surface area contributed by atoms with E-state index in [-0.39, 0.29) is 5.56 Å². The molecule has 0 N–H and O–H groups in total. The van der Waals surface area contributed by atoms with Crippen LogP contribution < -0.4 is 0 Å². The molecule has 1 aromatic heterocycles. The Kier molecular flexibility index (Phi) is 3.81. The van der Waals surface area contributed by atoms with E-state index in [0.29, 0.717) is 10.6 Å². The Morgan fingerprint density at radius 3 is 2.55 bits per heavy atom. The van der Waals surface area contributed by atoms with Crippen LogP contribution in [0.15, 0.2) is 36.7 Å². The number of aryl methyl sites for hydroxylation is 1. The average molecular weight is 300 g/mol. The van der Waals surface area contributed by atoms with Gasteiger partial charge in [-0.25, -0.2) is 0 Å². The van der Waals surface area contributed by atoms with Crippen molar-refractivity contribution in [3.8, 4) is 0 Å². The van der Waals surface area contributed by atoms with Crippen molar-refractivity contribution in [3.05, 3.63) is 63.9 Å². The van der Waals surface area contributed by atoms with Crippen LogP contribution in [0.1, 0.15) is 27.0 Å². The molecule has 0 saturated heterocycles. The molecule has 0 unspecified atom stereocenters. The van der Waals surface area contributed by atoms with E-state index in [9.17, 15) is 18.0 Å². The second-order valence-electron chi connectivity index (χ2n) is 4.21. The molecule has 0 aliphatic rings. The molecule has 0 bridgehead atoms. The fourth-order valence-corrected chi connectivity index (χ4v) is 1.88. The number of hydrogen-bond acceptors (Lipinski definition) is 2. The lowest BCUT2D eigenvalue weighted by molar-refractivity contribution is -0.137. The molecule has 0 fully saturated rings. The molecule has 0 radical (unpaired) electrons. The Morgan fingerprint density at radius 1 is 1.25 bits per heavy atom. The van der Waals surface area contributed by atoms with Crippen LogP contribution in [0, 0.1) is 6.92 Å². The molecule has 0 aliphatic carbocycles. The number of halogens is 4. The summed E-state index contributed by atoms with van der Waals surface area (Å²) in [5, 5.41) is 0.448. The fraction of sp³-hybridized carbons (Fsp3) is 0.143. The molecule has 6 heteroatoms. The zero-order valence-corrected chi connectivity index (χ0v) is 11.1. The largest absolute Gasteiger partial charge is 0.417 e. The number of hydrogen-bond donors (Lipinski definition) is 0. The van der Waals surface area contributed by atoms with Crippen LogP contribution in [0.2, 0.25) is 5.02 Å². The van der Waals surface area contributed by atoms with Gasteiger partial charge in [0.2, 0.25) is 0 Å². The first-order chi connectivity index (χ1) is 9.30. The Balaban J connectivity index is 2.51. The van der Waals surface area contributed by atoms with Crippen LogP contribution in [0.5, 0.6) is 0 Å². The number of alkyl halides is 3. The van der Waals surface area contributed by atoms with Crippen LogP contribution in [-0.4, -0.2) is 10.8 Å². The van der Waals surface area contributed by atoms with E-state index in [1.165, 1.54) is 18.2 Å². The molecular weight excluding hydrogens is 291 g/mol. The summed E-state index contributed by atoms with van der Waals surface area (Å²) in [7, 11) is 0. The van der Waals surface area contributed by atoms with Gasteiger partial charge in [0.05, 0.1) is 11.1 Å². The van der Waals surface area contributed by atoms with Crippen molar-refractivity contribution in [1.82, 2.24) is 4.98 Å². The van der Waals surface area contributed by atoms with Gasteiger partial charge in [-0.2, -0.15) is 13.2 Å². The smallest absolute Gasteiger partial charge is 0.289 e. The van der Waals surface area contributed by atoms with Crippen LogP contribution in [-0.2, 0) is 6.18 Å². The summed E-state index contributed by atoms with van der Waals surface area (Å²) in [5.41, 5.74) is -0.702. The number of carbonyl (C=O) groups excluding carboxylic acids is 1. The van der Waals surface area contributed by atoms with Crippen molar-refractivity contribution >= 4 is 17.4 Å². The van der Waals surface area contributed by atoms with Crippen molar-refractivity contribution in [2.45, 2.75) is 13.1 Å². The van der Waals surface area contributed by atoms with Gasteiger partial charge in [-0.15, -0.1) is 0 Å². The molecule has 0 saturated carbocycles. The first-order valence-electron chi connectivity index (χ1n) is 5.63. The highest BCUT2D eigenvalue weighted by molar-refractivity contribution is 6.31. The molecule has 2 aromatic rings. The monoisotopic (exact) mass is 299 g/mol. The highest BCUT2D eigenvalue weighted by Gasteiger charge is 2.35. The minimum Gasteiger partial charge on any atom is -0.289 e. The third-order valence-corrected chi connectivity index (χ3v) is 3.22. The zero-order chi connectivity index (χ0) is 14.9. The summed E-state index contributed by atoms with van der Waals surface area (Å²) in [6.07, 6.45) is -2.67. The summed E-state index contributed by atoms with van der Waals surface area (Å²) >= 11 is 5.83. The van der Waals surface area contributed by atoms with E-state index in [2.05, 4.69) is 4.98 Å². The van der Waals surface area contributed by atoms with E-state index in [4.69, 9.17) is 11.6 Å². The van der Waals surface area contributed by atoms with Gasteiger partial charge in [0.25, 0.3) is 0 Å². The van der Waals surface area contributed by atoms with Gasteiger partial charge in [0, 0.05) is 23.0 Å². The maximum atomic E-state index is 12.9. The Labute approximate surface area is 118 Å². The quantitative estimate of drug-likeness (QED) is 0.774. The molecule has 2 nitrogen and oxygen atoms in total. The molecule has 0 amide bonds. The summed E-state index contributed by atoms with van der Waals surface area (Å²) in [5.74, 6) is -0.731.